The van der Waals surface area contributed by atoms with Gasteiger partial charge in [-0.25, -0.2) is 9.59 Å². The van der Waals surface area contributed by atoms with Gasteiger partial charge >= 0.3 is 11.9 Å². The number of anilines is 1. The summed E-state index contributed by atoms with van der Waals surface area (Å²) in [6.45, 7) is 1.66. The number of thiophene rings is 1. The zero-order chi connectivity index (χ0) is 27.8. The number of carbonyl (C=O) groups is 3. The zero-order valence-corrected chi connectivity index (χ0v) is 22.7. The topological polar surface area (TPSA) is 132 Å². The number of rotatable bonds is 8. The minimum absolute atomic E-state index is 0.151. The van der Waals surface area contributed by atoms with Crippen LogP contribution in [-0.2, 0) is 30.8 Å². The lowest BCUT2D eigenvalue weighted by Crippen LogP contribution is -2.47. The van der Waals surface area contributed by atoms with Crippen molar-refractivity contribution in [1.82, 2.24) is 9.80 Å². The van der Waals surface area contributed by atoms with Crippen LogP contribution in [0.2, 0.25) is 0 Å². The second-order valence-electron chi connectivity index (χ2n) is 9.54. The number of carboxylic acids is 1. The number of carbonyl (C=O) groups excluding carboxylic acids is 2. The molecule has 3 aromatic rings. The normalized spacial score (nSPS) is 16.5. The fraction of sp³-hybridized carbons (Fsp3) is 0.321. The van der Waals surface area contributed by atoms with Crippen LogP contribution in [0.3, 0.4) is 0 Å². The first-order valence-electron chi connectivity index (χ1n) is 12.3. The molecule has 2 aromatic carbocycles. The van der Waals surface area contributed by atoms with Gasteiger partial charge in [0, 0.05) is 42.7 Å². The number of hydrogen-bond donors (Lipinski definition) is 2. The Labute approximate surface area is 229 Å². The van der Waals surface area contributed by atoms with Crippen LogP contribution in [0.1, 0.15) is 52.6 Å². The van der Waals surface area contributed by atoms with Crippen molar-refractivity contribution in [2.24, 2.45) is 0 Å². The number of esters is 1. The Morgan fingerprint density at radius 2 is 1.77 bits per heavy atom. The molecule has 0 saturated carbocycles. The van der Waals surface area contributed by atoms with E-state index < -0.39 is 11.9 Å². The predicted octanol–water partition coefficient (Wildman–Crippen LogP) is 3.42. The second kappa shape index (κ2) is 10.6. The van der Waals surface area contributed by atoms with Gasteiger partial charge < -0.3 is 30.0 Å². The average molecular weight is 552 g/mol. The van der Waals surface area contributed by atoms with Gasteiger partial charge in [-0.15, -0.1) is 11.3 Å². The van der Waals surface area contributed by atoms with Crippen molar-refractivity contribution in [2.75, 3.05) is 33.6 Å². The molecule has 3 heterocycles. The Balaban J connectivity index is 1.47. The molecule has 1 unspecified atom stereocenters. The van der Waals surface area contributed by atoms with Gasteiger partial charge in [-0.05, 0) is 47.4 Å². The Morgan fingerprint density at radius 3 is 2.41 bits per heavy atom. The number of nitrogens with two attached hydrogens (primary N) is 1. The number of nitrogens with zero attached hydrogens (tertiary/aromatic N) is 2. The molecule has 1 amide bonds. The van der Waals surface area contributed by atoms with E-state index in [9.17, 15) is 19.5 Å². The van der Waals surface area contributed by atoms with Crippen molar-refractivity contribution in [3.8, 4) is 11.5 Å². The van der Waals surface area contributed by atoms with E-state index in [4.69, 9.17) is 19.9 Å². The van der Waals surface area contributed by atoms with E-state index in [0.717, 1.165) is 21.8 Å². The smallest absolute Gasteiger partial charge is 0.338 e. The minimum atomic E-state index is -1.05. The molecule has 11 heteroatoms. The summed E-state index contributed by atoms with van der Waals surface area (Å²) in [4.78, 5) is 42.9. The molecule has 0 saturated heterocycles. The summed E-state index contributed by atoms with van der Waals surface area (Å²) in [5, 5.41) is 10.1. The van der Waals surface area contributed by atoms with Crippen molar-refractivity contribution >= 4 is 34.2 Å². The van der Waals surface area contributed by atoms with Gasteiger partial charge in [0.15, 0.2) is 0 Å². The Morgan fingerprint density at radius 1 is 1.05 bits per heavy atom. The average Bonchev–Trinajstić information content (AvgIpc) is 3.43. The summed E-state index contributed by atoms with van der Waals surface area (Å²) in [7, 11) is 4.39. The third kappa shape index (κ3) is 4.90. The minimum Gasteiger partial charge on any atom is -0.497 e. The molecule has 204 valence electrons. The maximum Gasteiger partial charge on any atom is 0.338 e. The molecule has 2 aliphatic rings. The van der Waals surface area contributed by atoms with Crippen LogP contribution in [0, 0.1) is 0 Å². The largest absolute Gasteiger partial charge is 0.497 e. The SMILES string of the molecule is COC(=O)c1cc(OC)cc2c1CN(CC1Cc3c(sc(N)c3C(=O)O)CN1Cc1ccc(OC)cc1)C2=O. The van der Waals surface area contributed by atoms with Gasteiger partial charge in [0.2, 0.25) is 0 Å². The molecule has 10 nitrogen and oxygen atoms in total. The third-order valence-electron chi connectivity index (χ3n) is 7.34. The second-order valence-corrected chi connectivity index (χ2v) is 10.7. The Hall–Kier alpha value is -4.09. The van der Waals surface area contributed by atoms with Crippen LogP contribution >= 0.6 is 11.3 Å². The highest BCUT2D eigenvalue weighted by atomic mass is 32.1. The van der Waals surface area contributed by atoms with E-state index in [2.05, 4.69) is 4.90 Å². The molecule has 39 heavy (non-hydrogen) atoms. The van der Waals surface area contributed by atoms with E-state index in [0.29, 0.717) is 48.5 Å². The third-order valence-corrected chi connectivity index (χ3v) is 8.39. The molecule has 0 aliphatic carbocycles. The van der Waals surface area contributed by atoms with Crippen LogP contribution in [0.4, 0.5) is 5.00 Å². The van der Waals surface area contributed by atoms with Gasteiger partial charge in [-0.1, -0.05) is 12.1 Å². The summed E-state index contributed by atoms with van der Waals surface area (Å²) in [6, 6.07) is 10.8. The van der Waals surface area contributed by atoms with Crippen LogP contribution in [-0.4, -0.2) is 66.7 Å². The van der Waals surface area contributed by atoms with Gasteiger partial charge in [0.1, 0.15) is 16.5 Å². The highest BCUT2D eigenvalue weighted by Gasteiger charge is 2.38. The lowest BCUT2D eigenvalue weighted by Gasteiger charge is -2.38. The molecule has 3 N–H and O–H groups in total. The molecule has 0 fully saturated rings. The van der Waals surface area contributed by atoms with Crippen molar-refractivity contribution < 1.29 is 33.7 Å². The van der Waals surface area contributed by atoms with Crippen LogP contribution in [0.5, 0.6) is 11.5 Å². The number of ether oxygens (including phenoxy) is 3. The number of benzene rings is 2. The fourth-order valence-corrected chi connectivity index (χ4v) is 6.49. The van der Waals surface area contributed by atoms with Gasteiger partial charge in [-0.3, -0.25) is 9.69 Å². The molecule has 5 rings (SSSR count). The molecular formula is C28H29N3O7S. The number of hydrogen-bond acceptors (Lipinski definition) is 9. The summed E-state index contributed by atoms with van der Waals surface area (Å²) in [5.41, 5.74) is 9.33. The highest BCUT2D eigenvalue weighted by molar-refractivity contribution is 7.16. The first-order chi connectivity index (χ1) is 18.7. The lowest BCUT2D eigenvalue weighted by atomic mass is 9.95. The van der Waals surface area contributed by atoms with E-state index in [1.807, 2.05) is 24.3 Å². The van der Waals surface area contributed by atoms with E-state index in [-0.39, 0.29) is 29.1 Å². The first kappa shape index (κ1) is 26.5. The van der Waals surface area contributed by atoms with Crippen LogP contribution in [0.15, 0.2) is 36.4 Å². The molecule has 0 radical (unpaired) electrons. The monoisotopic (exact) mass is 551 g/mol. The summed E-state index contributed by atoms with van der Waals surface area (Å²) in [5.74, 6) is -0.652. The molecular weight excluding hydrogens is 522 g/mol. The number of methoxy groups -OCH3 is 3. The number of carboxylic acid groups (broad SMARTS) is 1. The quantitative estimate of drug-likeness (QED) is 0.404. The fourth-order valence-electron chi connectivity index (χ4n) is 5.37. The molecule has 1 aromatic heterocycles. The number of amides is 1. The summed E-state index contributed by atoms with van der Waals surface area (Å²) < 4.78 is 15.6. The lowest BCUT2D eigenvalue weighted by molar-refractivity contribution is 0.0594. The van der Waals surface area contributed by atoms with Crippen LogP contribution < -0.4 is 15.2 Å². The van der Waals surface area contributed by atoms with Crippen molar-refractivity contribution in [2.45, 2.75) is 32.1 Å². The Bertz CT molecular complexity index is 1450. The molecule has 2 aliphatic heterocycles. The number of nitrogen functional groups attached to an aromatic ring is 1. The van der Waals surface area contributed by atoms with Crippen molar-refractivity contribution in [3.05, 3.63) is 74.7 Å². The van der Waals surface area contributed by atoms with E-state index >= 15 is 0 Å². The zero-order valence-electron chi connectivity index (χ0n) is 21.9. The van der Waals surface area contributed by atoms with Gasteiger partial charge in [0.25, 0.3) is 5.91 Å². The van der Waals surface area contributed by atoms with Gasteiger partial charge in [-0.2, -0.15) is 0 Å². The van der Waals surface area contributed by atoms with Crippen molar-refractivity contribution in [1.29, 1.82) is 0 Å². The molecule has 1 atom stereocenters. The molecule has 0 bridgehead atoms. The van der Waals surface area contributed by atoms with E-state index in [1.54, 1.807) is 24.1 Å². The first-order valence-corrected chi connectivity index (χ1v) is 13.1. The standard InChI is InChI=1S/C28H29N3O7S/c1-36-17-6-4-15(5-7-17)11-30-14-23-21(24(27(33)34)25(29)39-23)8-16(30)12-31-13-22-19(26(31)32)9-18(37-2)10-20(22)28(35)38-3/h4-7,9-10,16H,8,11-14,29H2,1-3H3,(H,33,34). The Kier molecular flexibility index (Phi) is 7.19. The maximum atomic E-state index is 13.5. The van der Waals surface area contributed by atoms with Gasteiger partial charge in [0.05, 0.1) is 32.5 Å². The summed E-state index contributed by atoms with van der Waals surface area (Å²) in [6.07, 6.45) is 0.425. The van der Waals surface area contributed by atoms with Crippen LogP contribution in [0.25, 0.3) is 0 Å². The van der Waals surface area contributed by atoms with E-state index in [1.165, 1.54) is 25.6 Å². The maximum absolute atomic E-state index is 13.5. The summed E-state index contributed by atoms with van der Waals surface area (Å²) >= 11 is 1.30. The molecule has 0 spiro atoms. The number of fused-ring (bicyclic) bond motifs is 2. The predicted molar refractivity (Wildman–Crippen MR) is 144 cm³/mol. The highest BCUT2D eigenvalue weighted by Crippen LogP contribution is 2.39. The number of aromatic carboxylic acids is 1. The van der Waals surface area contributed by atoms with Crippen molar-refractivity contribution in [3.63, 3.8) is 0 Å².